The molecule has 0 bridgehead atoms. The summed E-state index contributed by atoms with van der Waals surface area (Å²) in [5.41, 5.74) is 0. The largest absolute Gasteiger partial charge is 0.439 e. The third kappa shape index (κ3) is 2.41. The van der Waals surface area contributed by atoms with E-state index in [1.807, 2.05) is 0 Å². The van der Waals surface area contributed by atoms with Crippen LogP contribution < -0.4 is 0 Å². The van der Waals surface area contributed by atoms with Crippen LogP contribution in [0.5, 0.6) is 0 Å². The molecule has 1 rings (SSSR count). The van der Waals surface area contributed by atoms with Gasteiger partial charge in [0.15, 0.2) is 0 Å². The minimum atomic E-state index is -6.21. The van der Waals surface area contributed by atoms with Crippen molar-refractivity contribution in [2.24, 2.45) is 0 Å². The number of carbonyl (C=O) groups excluding carboxylic acids is 1. The molecule has 1 aliphatic heterocycles. The Hall–Kier alpha value is -1.24. The molecule has 124 valence electrons. The molecule has 1 unspecified atom stereocenters. The molecule has 1 aliphatic rings. The summed E-state index contributed by atoms with van der Waals surface area (Å²) in [5, 5.41) is 0. The van der Waals surface area contributed by atoms with E-state index in [0.29, 0.717) is 14.1 Å². The highest BCUT2D eigenvalue weighted by molar-refractivity contribution is 5.80. The van der Waals surface area contributed by atoms with E-state index in [2.05, 4.69) is 4.74 Å². The second kappa shape index (κ2) is 4.63. The molecule has 0 saturated carbocycles. The Bertz CT molecular complexity index is 413. The molecule has 0 aromatic carbocycles. The van der Waals surface area contributed by atoms with Gasteiger partial charge in [0.25, 0.3) is 5.91 Å². The molecular weight excluding hydrogens is 327 g/mol. The van der Waals surface area contributed by atoms with Gasteiger partial charge < -0.3 is 4.90 Å². The van der Waals surface area contributed by atoms with E-state index in [4.69, 9.17) is 0 Å². The van der Waals surface area contributed by atoms with Crippen molar-refractivity contribution in [2.75, 3.05) is 14.1 Å². The van der Waals surface area contributed by atoms with Gasteiger partial charge in [-0.25, -0.2) is 9.13 Å². The molecule has 1 heterocycles. The van der Waals surface area contributed by atoms with Crippen LogP contribution in [0.1, 0.15) is 0 Å². The normalized spacial score (nSPS) is 28.0. The molecule has 1 amide bonds. The fourth-order valence-corrected chi connectivity index (χ4v) is 1.35. The Morgan fingerprint density at radius 2 is 1.29 bits per heavy atom. The van der Waals surface area contributed by atoms with E-state index >= 15 is 0 Å². The maximum absolute atomic E-state index is 13.5. The Balaban J connectivity index is 3.44. The van der Waals surface area contributed by atoms with E-state index in [1.54, 1.807) is 0 Å². The quantitative estimate of drug-likeness (QED) is 0.573. The van der Waals surface area contributed by atoms with Crippen molar-refractivity contribution in [2.45, 2.75) is 30.6 Å². The molecule has 0 radical (unpaired) electrons. The molecule has 0 aromatic rings. The van der Waals surface area contributed by atoms with Gasteiger partial charge in [-0.05, 0) is 0 Å². The third-order valence-corrected chi connectivity index (χ3v) is 2.43. The highest BCUT2D eigenvalue weighted by Crippen LogP contribution is 2.56. The third-order valence-electron chi connectivity index (χ3n) is 2.43. The number of morpholine rings is 1. The molecule has 1 fully saturated rings. The lowest BCUT2D eigenvalue weighted by Crippen LogP contribution is -2.76. The first-order valence-electron chi connectivity index (χ1n) is 4.95. The van der Waals surface area contributed by atoms with Gasteiger partial charge in [0.05, 0.1) is 0 Å². The second-order valence-corrected chi connectivity index (χ2v) is 4.16. The molecule has 4 nitrogen and oxygen atoms in total. The van der Waals surface area contributed by atoms with Crippen molar-refractivity contribution >= 4 is 5.91 Å². The van der Waals surface area contributed by atoms with Gasteiger partial charge in [0, 0.05) is 14.1 Å². The lowest BCUT2D eigenvalue weighted by molar-refractivity contribution is -0.568. The van der Waals surface area contributed by atoms with Crippen molar-refractivity contribution in [1.82, 2.24) is 9.80 Å². The SMILES string of the molecule is CN(C)C(=O)C(F)N1C(F)(F)C(F)(F)OC(F)(F)C1(F)F. The van der Waals surface area contributed by atoms with Crippen LogP contribution in [-0.4, -0.2) is 60.4 Å². The molecule has 1 atom stereocenters. The highest BCUT2D eigenvalue weighted by atomic mass is 19.4. The Morgan fingerprint density at radius 3 is 1.57 bits per heavy atom. The summed E-state index contributed by atoms with van der Waals surface area (Å²) >= 11 is 0. The van der Waals surface area contributed by atoms with E-state index in [-0.39, 0.29) is 4.90 Å². The van der Waals surface area contributed by atoms with Gasteiger partial charge in [-0.2, -0.15) is 35.1 Å². The Labute approximate surface area is 111 Å². The summed E-state index contributed by atoms with van der Waals surface area (Å²) in [4.78, 5) is 8.70. The summed E-state index contributed by atoms with van der Waals surface area (Å²) < 4.78 is 119. The molecule has 1 saturated heterocycles. The zero-order valence-electron chi connectivity index (χ0n) is 10.2. The Kier molecular flexibility index (Phi) is 3.92. The van der Waals surface area contributed by atoms with Crippen molar-refractivity contribution in [3.05, 3.63) is 0 Å². The van der Waals surface area contributed by atoms with Gasteiger partial charge in [-0.3, -0.25) is 4.79 Å². The number of carbonyl (C=O) groups is 1. The predicted octanol–water partition coefficient (Wildman–Crippen LogP) is 2.07. The monoisotopic (exact) mass is 334 g/mol. The van der Waals surface area contributed by atoms with Crippen LogP contribution in [0.2, 0.25) is 0 Å². The average molecular weight is 334 g/mol. The average Bonchev–Trinajstić information content (AvgIpc) is 2.23. The van der Waals surface area contributed by atoms with E-state index in [0.717, 1.165) is 0 Å². The molecule has 0 N–H and O–H groups in total. The van der Waals surface area contributed by atoms with E-state index < -0.39 is 41.4 Å². The van der Waals surface area contributed by atoms with Crippen molar-refractivity contribution in [3.8, 4) is 0 Å². The van der Waals surface area contributed by atoms with Crippen LogP contribution >= 0.6 is 0 Å². The van der Waals surface area contributed by atoms with Crippen molar-refractivity contribution < 1.29 is 49.0 Å². The van der Waals surface area contributed by atoms with Crippen molar-refractivity contribution in [1.29, 1.82) is 0 Å². The fraction of sp³-hybridized carbons (Fsp3) is 0.875. The van der Waals surface area contributed by atoms with Crippen molar-refractivity contribution in [3.63, 3.8) is 0 Å². The van der Waals surface area contributed by atoms with Gasteiger partial charge in [0.1, 0.15) is 0 Å². The number of halogens is 9. The van der Waals surface area contributed by atoms with Gasteiger partial charge in [-0.1, -0.05) is 0 Å². The first kappa shape index (κ1) is 17.8. The number of amides is 1. The molecular formula is C8H7F9N2O2. The summed E-state index contributed by atoms with van der Waals surface area (Å²) in [5.74, 6) is -2.16. The standard InChI is InChI=1S/C8H7F9N2O2/c1-18(2)4(20)3(9)19-5(10,11)7(14,15)21-8(16,17)6(19,12)13/h3H,1-2H3. The second-order valence-electron chi connectivity index (χ2n) is 4.16. The number of hydrogen-bond donors (Lipinski definition) is 0. The maximum atomic E-state index is 13.5. The zero-order valence-corrected chi connectivity index (χ0v) is 10.2. The molecule has 0 aromatic heterocycles. The van der Waals surface area contributed by atoms with Crippen LogP contribution in [0, 0.1) is 0 Å². The molecule has 0 aliphatic carbocycles. The summed E-state index contributed by atoms with van der Waals surface area (Å²) in [7, 11) is 1.42. The highest BCUT2D eigenvalue weighted by Gasteiger charge is 2.84. The summed E-state index contributed by atoms with van der Waals surface area (Å²) in [6, 6.07) is -12.4. The first-order valence-corrected chi connectivity index (χ1v) is 4.95. The fourth-order valence-electron chi connectivity index (χ4n) is 1.35. The number of nitrogens with zero attached hydrogens (tertiary/aromatic N) is 2. The predicted molar refractivity (Wildman–Crippen MR) is 46.3 cm³/mol. The Morgan fingerprint density at radius 1 is 0.952 bits per heavy atom. The van der Waals surface area contributed by atoms with Gasteiger partial charge >= 0.3 is 24.3 Å². The maximum Gasteiger partial charge on any atom is 0.439 e. The number of ether oxygens (including phenoxy) is 1. The van der Waals surface area contributed by atoms with Crippen LogP contribution in [-0.2, 0) is 9.53 Å². The minimum absolute atomic E-state index is 0.141. The smallest absolute Gasteiger partial charge is 0.345 e. The van der Waals surface area contributed by atoms with E-state index in [1.165, 1.54) is 0 Å². The lowest BCUT2D eigenvalue weighted by atomic mass is 10.2. The summed E-state index contributed by atoms with van der Waals surface area (Å²) in [6.45, 7) is 0. The zero-order chi connectivity index (χ0) is 17.0. The van der Waals surface area contributed by atoms with Gasteiger partial charge in [-0.15, -0.1) is 4.90 Å². The van der Waals surface area contributed by atoms with Crippen LogP contribution in [0.15, 0.2) is 0 Å². The van der Waals surface area contributed by atoms with Crippen LogP contribution in [0.3, 0.4) is 0 Å². The van der Waals surface area contributed by atoms with Crippen LogP contribution in [0.25, 0.3) is 0 Å². The number of hydrogen-bond acceptors (Lipinski definition) is 3. The van der Waals surface area contributed by atoms with Crippen LogP contribution in [0.4, 0.5) is 39.5 Å². The number of likely N-dealkylation sites (N-methyl/N-ethyl adjacent to an activating group) is 1. The molecule has 13 heteroatoms. The first-order chi connectivity index (χ1) is 9.09. The summed E-state index contributed by atoms with van der Waals surface area (Å²) in [6.07, 6.45) is -16.5. The lowest BCUT2D eigenvalue weighted by Gasteiger charge is -2.47. The number of rotatable bonds is 2. The molecule has 0 spiro atoms. The minimum Gasteiger partial charge on any atom is -0.345 e. The van der Waals surface area contributed by atoms with E-state index in [9.17, 15) is 44.3 Å². The topological polar surface area (TPSA) is 32.8 Å². The molecule has 21 heavy (non-hydrogen) atoms. The van der Waals surface area contributed by atoms with Gasteiger partial charge in [0.2, 0.25) is 6.30 Å². The number of alkyl halides is 9.